The normalized spacial score (nSPS) is 28.2. The second-order valence-electron chi connectivity index (χ2n) is 12.3. The van der Waals surface area contributed by atoms with E-state index in [9.17, 15) is 14.4 Å². The molecule has 2 aliphatic rings. The third kappa shape index (κ3) is 6.48. The summed E-state index contributed by atoms with van der Waals surface area (Å²) >= 11 is 1.40. The van der Waals surface area contributed by atoms with Crippen LogP contribution in [0.3, 0.4) is 0 Å². The van der Waals surface area contributed by atoms with Crippen LogP contribution in [0.1, 0.15) is 74.6 Å². The van der Waals surface area contributed by atoms with Crippen molar-refractivity contribution in [3.63, 3.8) is 0 Å². The maximum absolute atomic E-state index is 13.7. The first kappa shape index (κ1) is 27.3. The van der Waals surface area contributed by atoms with Gasteiger partial charge in [-0.1, -0.05) is 11.8 Å². The Morgan fingerprint density at radius 1 is 0.943 bits per heavy atom. The first-order valence-electron chi connectivity index (χ1n) is 11.8. The fourth-order valence-electron chi connectivity index (χ4n) is 4.60. The standard InChI is InChI=1S/C24H38N4O6S/c1-12-25-19(28-27-12)35-13-11-24(18(30)33-22(5,6)7,26-20(31)34-23(8,9)10)16-14(13)15(16)17(29)32-21(2,3)4/h13-16H,11H2,1-10H3,(H,26,31)(H,25,27,28)/t13-,14-,15-,16-,24-/m0/s1. The lowest BCUT2D eigenvalue weighted by atomic mass is 9.89. The van der Waals surface area contributed by atoms with Gasteiger partial charge in [0.2, 0.25) is 0 Å². The second-order valence-corrected chi connectivity index (χ2v) is 13.6. The van der Waals surface area contributed by atoms with Crippen molar-refractivity contribution in [3.05, 3.63) is 5.82 Å². The number of ether oxygens (including phenoxy) is 3. The fraction of sp³-hybridized carbons (Fsp3) is 0.792. The molecular formula is C24H38N4O6S. The Morgan fingerprint density at radius 3 is 2.00 bits per heavy atom. The van der Waals surface area contributed by atoms with Gasteiger partial charge >= 0.3 is 18.0 Å². The molecule has 0 aliphatic heterocycles. The minimum atomic E-state index is -1.45. The van der Waals surface area contributed by atoms with Crippen molar-refractivity contribution in [2.75, 3.05) is 0 Å². The van der Waals surface area contributed by atoms with E-state index < -0.39 is 52.2 Å². The average molecular weight is 511 g/mol. The van der Waals surface area contributed by atoms with Crippen molar-refractivity contribution in [1.29, 1.82) is 0 Å². The van der Waals surface area contributed by atoms with Crippen LogP contribution in [0.2, 0.25) is 0 Å². The van der Waals surface area contributed by atoms with E-state index in [1.807, 2.05) is 0 Å². The third-order valence-corrected chi connectivity index (χ3v) is 6.80. The van der Waals surface area contributed by atoms with Gasteiger partial charge in [-0.15, -0.1) is 10.2 Å². The minimum Gasteiger partial charge on any atom is -0.460 e. The summed E-state index contributed by atoms with van der Waals surface area (Å²) in [6, 6.07) is 0. The predicted octanol–water partition coefficient (Wildman–Crippen LogP) is 3.79. The van der Waals surface area contributed by atoms with Gasteiger partial charge in [0.15, 0.2) is 5.16 Å². The lowest BCUT2D eigenvalue weighted by Crippen LogP contribution is -2.59. The molecule has 2 aliphatic carbocycles. The van der Waals surface area contributed by atoms with Crippen LogP contribution in [0.4, 0.5) is 4.79 Å². The molecule has 5 atom stereocenters. The second kappa shape index (κ2) is 8.97. The first-order valence-corrected chi connectivity index (χ1v) is 12.7. The summed E-state index contributed by atoms with van der Waals surface area (Å²) in [6.07, 6.45) is -0.488. The van der Waals surface area contributed by atoms with Gasteiger partial charge in [0.25, 0.3) is 0 Å². The average Bonchev–Trinajstić information content (AvgIpc) is 3.13. The molecule has 2 fully saturated rings. The van der Waals surface area contributed by atoms with E-state index in [4.69, 9.17) is 14.2 Å². The SMILES string of the molecule is Cc1nnc(S[C@H]2C[C@@](NC(=O)OC(C)(C)C)(C(=O)OC(C)(C)C)[C@@H]3[C@@H](C(=O)OC(C)(C)C)[C@@H]32)[nH]1. The number of nitrogens with one attached hydrogen (secondary N) is 2. The van der Waals surface area contributed by atoms with Crippen LogP contribution in [0.5, 0.6) is 0 Å². The highest BCUT2D eigenvalue weighted by Gasteiger charge is 2.77. The number of rotatable bonds is 5. The summed E-state index contributed by atoms with van der Waals surface area (Å²) in [6.45, 7) is 17.7. The van der Waals surface area contributed by atoms with E-state index in [1.54, 1.807) is 69.2 Å². The number of fused-ring (bicyclic) bond motifs is 1. The molecule has 0 saturated heterocycles. The molecular weight excluding hydrogens is 472 g/mol. The molecule has 35 heavy (non-hydrogen) atoms. The summed E-state index contributed by atoms with van der Waals surface area (Å²) in [7, 11) is 0. The van der Waals surface area contributed by atoms with E-state index in [1.165, 1.54) is 11.8 Å². The maximum Gasteiger partial charge on any atom is 0.408 e. The number of aromatic nitrogens is 3. The zero-order chi connectivity index (χ0) is 26.6. The Bertz CT molecular complexity index is 989. The summed E-state index contributed by atoms with van der Waals surface area (Å²) in [5.74, 6) is -1.62. The number of hydrogen-bond acceptors (Lipinski definition) is 9. The molecule has 196 valence electrons. The van der Waals surface area contributed by atoms with Gasteiger partial charge in [-0.2, -0.15) is 0 Å². The molecule has 2 N–H and O–H groups in total. The van der Waals surface area contributed by atoms with Crippen LogP contribution in [0.25, 0.3) is 0 Å². The minimum absolute atomic E-state index is 0.215. The molecule has 10 nitrogen and oxygen atoms in total. The Balaban J connectivity index is 1.99. The highest BCUT2D eigenvalue weighted by Crippen LogP contribution is 2.66. The molecule has 11 heteroatoms. The molecule has 1 aromatic rings. The molecule has 3 rings (SSSR count). The van der Waals surface area contributed by atoms with Gasteiger partial charge < -0.3 is 24.5 Å². The number of H-pyrrole nitrogens is 1. The van der Waals surface area contributed by atoms with Gasteiger partial charge in [0, 0.05) is 11.2 Å². The molecule has 2 saturated carbocycles. The van der Waals surface area contributed by atoms with Crippen LogP contribution < -0.4 is 5.32 Å². The lowest BCUT2D eigenvalue weighted by Gasteiger charge is -2.35. The van der Waals surface area contributed by atoms with E-state index in [0.29, 0.717) is 11.0 Å². The smallest absolute Gasteiger partial charge is 0.408 e. The third-order valence-electron chi connectivity index (χ3n) is 5.60. The number of esters is 2. The number of aryl methyl sites for hydroxylation is 1. The number of nitrogens with zero attached hydrogens (tertiary/aromatic N) is 2. The lowest BCUT2D eigenvalue weighted by molar-refractivity contribution is -0.165. The van der Waals surface area contributed by atoms with Crippen molar-refractivity contribution in [3.8, 4) is 0 Å². The van der Waals surface area contributed by atoms with Crippen molar-refractivity contribution < 1.29 is 28.6 Å². The number of carbonyl (C=O) groups excluding carboxylic acids is 3. The van der Waals surface area contributed by atoms with Crippen LogP contribution in [0.15, 0.2) is 5.16 Å². The van der Waals surface area contributed by atoms with Gasteiger partial charge in [0.1, 0.15) is 28.2 Å². The topological polar surface area (TPSA) is 133 Å². The predicted molar refractivity (Wildman–Crippen MR) is 130 cm³/mol. The molecule has 0 bridgehead atoms. The van der Waals surface area contributed by atoms with Crippen LogP contribution in [-0.4, -0.2) is 60.8 Å². The summed E-state index contributed by atoms with van der Waals surface area (Å²) in [5.41, 5.74) is -3.70. The van der Waals surface area contributed by atoms with Crippen molar-refractivity contribution >= 4 is 29.8 Å². The zero-order valence-corrected chi connectivity index (χ0v) is 23.1. The largest absolute Gasteiger partial charge is 0.460 e. The van der Waals surface area contributed by atoms with E-state index in [0.717, 1.165) is 0 Å². The molecule has 1 heterocycles. The maximum atomic E-state index is 13.7. The number of carbonyl (C=O) groups is 3. The van der Waals surface area contributed by atoms with Gasteiger partial charge in [-0.3, -0.25) is 4.79 Å². The highest BCUT2D eigenvalue weighted by molar-refractivity contribution is 7.99. The summed E-state index contributed by atoms with van der Waals surface area (Å²) < 4.78 is 17.0. The summed E-state index contributed by atoms with van der Waals surface area (Å²) in [4.78, 5) is 42.9. The number of amides is 1. The van der Waals surface area contributed by atoms with Gasteiger partial charge in [-0.05, 0) is 81.6 Å². The Hall–Kier alpha value is -2.30. The number of hydrogen-bond donors (Lipinski definition) is 2. The van der Waals surface area contributed by atoms with Gasteiger partial charge in [-0.25, -0.2) is 9.59 Å². The molecule has 1 amide bonds. The van der Waals surface area contributed by atoms with Crippen molar-refractivity contribution in [1.82, 2.24) is 20.5 Å². The van der Waals surface area contributed by atoms with Crippen molar-refractivity contribution in [2.45, 2.75) is 108 Å². The fourth-order valence-corrected chi connectivity index (χ4v) is 6.02. The van der Waals surface area contributed by atoms with Crippen molar-refractivity contribution in [2.24, 2.45) is 17.8 Å². The van der Waals surface area contributed by atoms with E-state index in [-0.39, 0.29) is 17.6 Å². The molecule has 0 spiro atoms. The van der Waals surface area contributed by atoms with E-state index in [2.05, 4.69) is 20.5 Å². The van der Waals surface area contributed by atoms with Crippen LogP contribution >= 0.6 is 11.8 Å². The van der Waals surface area contributed by atoms with E-state index >= 15 is 0 Å². The van der Waals surface area contributed by atoms with Crippen LogP contribution in [-0.2, 0) is 23.8 Å². The Kier molecular flexibility index (Phi) is 7.00. The first-order chi connectivity index (χ1) is 15.8. The number of alkyl carbamates (subject to hydrolysis) is 1. The quantitative estimate of drug-likeness (QED) is 0.448. The Labute approximate surface area is 211 Å². The van der Waals surface area contributed by atoms with Crippen LogP contribution in [0, 0.1) is 24.7 Å². The molecule has 0 aromatic carbocycles. The zero-order valence-electron chi connectivity index (χ0n) is 22.3. The molecule has 0 radical (unpaired) electrons. The Morgan fingerprint density at radius 2 is 1.51 bits per heavy atom. The highest BCUT2D eigenvalue weighted by atomic mass is 32.2. The number of thioether (sulfide) groups is 1. The molecule has 0 unspecified atom stereocenters. The monoisotopic (exact) mass is 510 g/mol. The molecule has 1 aromatic heterocycles. The summed E-state index contributed by atoms with van der Waals surface area (Å²) in [5, 5.41) is 11.3. The number of aromatic amines is 1. The van der Waals surface area contributed by atoms with Gasteiger partial charge in [0.05, 0.1) is 5.92 Å².